The number of carbonyl (C=O) groups is 1. The summed E-state index contributed by atoms with van der Waals surface area (Å²) in [5.74, 6) is -0.291. The number of aromatic nitrogens is 2. The second-order valence-electron chi connectivity index (χ2n) is 5.16. The molecular formula is C11H18N4O3S. The maximum atomic E-state index is 12.7. The van der Waals surface area contributed by atoms with E-state index in [1.165, 1.54) is 4.31 Å². The normalized spacial score (nSPS) is 20.3. The van der Waals surface area contributed by atoms with Crippen LogP contribution in [0, 0.1) is 13.8 Å². The molecule has 2 heterocycles. The molecule has 2 rings (SSSR count). The van der Waals surface area contributed by atoms with Gasteiger partial charge in [0.05, 0.1) is 11.4 Å². The zero-order valence-corrected chi connectivity index (χ0v) is 12.3. The van der Waals surface area contributed by atoms with Gasteiger partial charge >= 0.3 is 0 Å². The van der Waals surface area contributed by atoms with E-state index in [4.69, 9.17) is 0 Å². The van der Waals surface area contributed by atoms with E-state index in [1.54, 1.807) is 27.7 Å². The van der Waals surface area contributed by atoms with Crippen LogP contribution < -0.4 is 5.32 Å². The van der Waals surface area contributed by atoms with Crippen LogP contribution in [0.15, 0.2) is 4.90 Å². The highest BCUT2D eigenvalue weighted by Crippen LogP contribution is 2.29. The van der Waals surface area contributed by atoms with Crippen LogP contribution in [0.5, 0.6) is 0 Å². The number of nitrogens with one attached hydrogen (secondary N) is 2. The highest BCUT2D eigenvalue weighted by atomic mass is 32.2. The van der Waals surface area contributed by atoms with Gasteiger partial charge in [-0.3, -0.25) is 9.89 Å². The van der Waals surface area contributed by atoms with Crippen LogP contribution >= 0.6 is 0 Å². The van der Waals surface area contributed by atoms with Crippen LogP contribution in [0.1, 0.15) is 25.2 Å². The number of hydrogen-bond acceptors (Lipinski definition) is 4. The molecule has 0 saturated carbocycles. The van der Waals surface area contributed by atoms with Gasteiger partial charge in [-0.25, -0.2) is 8.42 Å². The van der Waals surface area contributed by atoms with Crippen molar-refractivity contribution >= 4 is 15.9 Å². The first kappa shape index (κ1) is 14.0. The van der Waals surface area contributed by atoms with Gasteiger partial charge in [-0.1, -0.05) is 0 Å². The molecule has 8 heteroatoms. The van der Waals surface area contributed by atoms with Crippen LogP contribution in [0.25, 0.3) is 0 Å². The number of nitrogens with zero attached hydrogens (tertiary/aromatic N) is 2. The first-order chi connectivity index (χ1) is 8.69. The first-order valence-corrected chi connectivity index (χ1v) is 7.45. The Morgan fingerprint density at radius 1 is 1.32 bits per heavy atom. The van der Waals surface area contributed by atoms with E-state index < -0.39 is 15.6 Å². The third-order valence-corrected chi connectivity index (χ3v) is 5.73. The minimum absolute atomic E-state index is 0.162. The molecule has 0 aromatic carbocycles. The summed E-state index contributed by atoms with van der Waals surface area (Å²) < 4.78 is 26.7. The molecule has 1 aliphatic heterocycles. The van der Waals surface area contributed by atoms with Gasteiger partial charge in [0.2, 0.25) is 15.9 Å². The second kappa shape index (κ2) is 4.31. The third-order valence-electron chi connectivity index (χ3n) is 3.39. The molecule has 0 spiro atoms. The molecular weight excluding hydrogens is 268 g/mol. The van der Waals surface area contributed by atoms with Crippen LogP contribution in [0.3, 0.4) is 0 Å². The highest BCUT2D eigenvalue weighted by molar-refractivity contribution is 7.89. The van der Waals surface area contributed by atoms with Crippen molar-refractivity contribution in [3.63, 3.8) is 0 Å². The van der Waals surface area contributed by atoms with Crippen LogP contribution in [-0.2, 0) is 14.8 Å². The molecule has 0 atom stereocenters. The molecule has 1 fully saturated rings. The van der Waals surface area contributed by atoms with Gasteiger partial charge in [-0.15, -0.1) is 0 Å². The van der Waals surface area contributed by atoms with Crippen molar-refractivity contribution in [1.82, 2.24) is 19.8 Å². The summed E-state index contributed by atoms with van der Waals surface area (Å²) >= 11 is 0. The van der Waals surface area contributed by atoms with Crippen LogP contribution in [0.2, 0.25) is 0 Å². The van der Waals surface area contributed by atoms with Gasteiger partial charge in [0, 0.05) is 13.1 Å². The fourth-order valence-corrected chi connectivity index (χ4v) is 4.42. The van der Waals surface area contributed by atoms with Gasteiger partial charge in [-0.05, 0) is 27.7 Å². The van der Waals surface area contributed by atoms with Crippen LogP contribution in [-0.4, -0.2) is 47.5 Å². The molecule has 1 amide bonds. The lowest BCUT2D eigenvalue weighted by atomic mass is 10.0. The number of aromatic amines is 1. The molecule has 1 saturated heterocycles. The Labute approximate surface area is 112 Å². The quantitative estimate of drug-likeness (QED) is 0.795. The molecule has 1 aliphatic rings. The second-order valence-corrected chi connectivity index (χ2v) is 6.95. The van der Waals surface area contributed by atoms with Crippen molar-refractivity contribution < 1.29 is 13.2 Å². The van der Waals surface area contributed by atoms with E-state index in [9.17, 15) is 13.2 Å². The lowest BCUT2D eigenvalue weighted by Crippen LogP contribution is -2.63. The maximum Gasteiger partial charge on any atom is 0.247 e. The lowest BCUT2D eigenvalue weighted by Gasteiger charge is -2.39. The number of H-pyrrole nitrogens is 1. The topological polar surface area (TPSA) is 95.2 Å². The molecule has 1 aromatic heterocycles. The maximum absolute atomic E-state index is 12.7. The monoisotopic (exact) mass is 286 g/mol. The van der Waals surface area contributed by atoms with Crippen molar-refractivity contribution in [3.05, 3.63) is 11.4 Å². The highest BCUT2D eigenvalue weighted by Gasteiger charge is 2.46. The number of hydrogen-bond donors (Lipinski definition) is 2. The summed E-state index contributed by atoms with van der Waals surface area (Å²) in [7, 11) is -3.74. The zero-order chi connectivity index (χ0) is 14.4. The van der Waals surface area contributed by atoms with E-state index >= 15 is 0 Å². The fourth-order valence-electron chi connectivity index (χ4n) is 2.33. The van der Waals surface area contributed by atoms with Gasteiger partial charge in [0.1, 0.15) is 10.4 Å². The molecule has 1 aromatic rings. The number of carbonyl (C=O) groups excluding carboxylic acids is 1. The Hall–Kier alpha value is -1.41. The smallest absolute Gasteiger partial charge is 0.247 e. The standard InChI is InChI=1S/C11H18N4O3S/c1-7-9(8(2)14-13-7)19(17,18)15-6-5-12-10(16)11(15,3)4/h5-6H2,1-4H3,(H,12,16)(H,13,14). The fraction of sp³-hybridized carbons (Fsp3) is 0.636. The van der Waals surface area contributed by atoms with Gasteiger partial charge < -0.3 is 5.32 Å². The summed E-state index contributed by atoms with van der Waals surface area (Å²) in [6, 6.07) is 0. The number of sulfonamides is 1. The zero-order valence-electron chi connectivity index (χ0n) is 11.4. The van der Waals surface area contributed by atoms with E-state index in [2.05, 4.69) is 15.5 Å². The summed E-state index contributed by atoms with van der Waals surface area (Å²) in [5, 5.41) is 9.26. The van der Waals surface area contributed by atoms with Crippen LogP contribution in [0.4, 0.5) is 0 Å². The Morgan fingerprint density at radius 2 is 1.95 bits per heavy atom. The molecule has 7 nitrogen and oxygen atoms in total. The SMILES string of the molecule is Cc1n[nH]c(C)c1S(=O)(=O)N1CCNC(=O)C1(C)C. The van der Waals surface area contributed by atoms with Crippen molar-refractivity contribution in [2.45, 2.75) is 38.1 Å². The summed E-state index contributed by atoms with van der Waals surface area (Å²) in [4.78, 5) is 12.0. The third kappa shape index (κ3) is 2.04. The Balaban J connectivity index is 2.54. The molecule has 0 unspecified atom stereocenters. The molecule has 0 bridgehead atoms. The van der Waals surface area contributed by atoms with E-state index in [0.717, 1.165) is 0 Å². The lowest BCUT2D eigenvalue weighted by molar-refractivity contribution is -0.131. The number of rotatable bonds is 2. The Morgan fingerprint density at radius 3 is 2.47 bits per heavy atom. The van der Waals surface area contributed by atoms with Crippen molar-refractivity contribution in [2.24, 2.45) is 0 Å². The largest absolute Gasteiger partial charge is 0.353 e. The summed E-state index contributed by atoms with van der Waals surface area (Å²) in [6.07, 6.45) is 0. The van der Waals surface area contributed by atoms with Gasteiger partial charge in [0.25, 0.3) is 0 Å². The molecule has 2 N–H and O–H groups in total. The van der Waals surface area contributed by atoms with E-state index in [0.29, 0.717) is 17.9 Å². The van der Waals surface area contributed by atoms with Crippen molar-refractivity contribution in [3.8, 4) is 0 Å². The number of aryl methyl sites for hydroxylation is 2. The predicted molar refractivity (Wildman–Crippen MR) is 69.0 cm³/mol. The van der Waals surface area contributed by atoms with E-state index in [-0.39, 0.29) is 17.3 Å². The molecule has 19 heavy (non-hydrogen) atoms. The first-order valence-electron chi connectivity index (χ1n) is 6.01. The molecule has 0 aliphatic carbocycles. The average molecular weight is 286 g/mol. The predicted octanol–water partition coefficient (Wildman–Crippen LogP) is -0.0744. The number of amides is 1. The van der Waals surface area contributed by atoms with E-state index in [1.807, 2.05) is 0 Å². The Kier molecular flexibility index (Phi) is 3.18. The Bertz CT molecular complexity index is 598. The molecule has 106 valence electrons. The summed E-state index contributed by atoms with van der Waals surface area (Å²) in [5.41, 5.74) is -0.202. The van der Waals surface area contributed by atoms with Gasteiger partial charge in [0.15, 0.2) is 0 Å². The minimum Gasteiger partial charge on any atom is -0.353 e. The minimum atomic E-state index is -3.74. The van der Waals surface area contributed by atoms with Gasteiger partial charge in [-0.2, -0.15) is 9.40 Å². The molecule has 0 radical (unpaired) electrons. The van der Waals surface area contributed by atoms with Crippen molar-refractivity contribution in [2.75, 3.05) is 13.1 Å². The number of piperazine rings is 1. The van der Waals surface area contributed by atoms with Crippen molar-refractivity contribution in [1.29, 1.82) is 0 Å². The summed E-state index contributed by atoms with van der Waals surface area (Å²) in [6.45, 7) is 7.06. The average Bonchev–Trinajstić information content (AvgIpc) is 2.62.